The topological polar surface area (TPSA) is 65.8 Å². The molecular weight excluding hydrogens is 426 g/mol. The van der Waals surface area contributed by atoms with Crippen LogP contribution in [0.25, 0.3) is 0 Å². The van der Waals surface area contributed by atoms with Crippen LogP contribution in [0, 0.1) is 11.3 Å². The number of pyridine rings is 1. The van der Waals surface area contributed by atoms with Crippen LogP contribution in [0.3, 0.4) is 0 Å². The van der Waals surface area contributed by atoms with Crippen molar-refractivity contribution in [2.24, 2.45) is 0 Å². The molecule has 0 saturated carbocycles. The normalized spacial score (nSPS) is 15.0. The first-order valence-corrected chi connectivity index (χ1v) is 11.6. The molecule has 1 atom stereocenters. The summed E-state index contributed by atoms with van der Waals surface area (Å²) < 4.78 is 0. The Morgan fingerprint density at radius 3 is 2.71 bits per heavy atom. The lowest BCUT2D eigenvalue weighted by molar-refractivity contribution is -0.115. The molecule has 0 bridgehead atoms. The van der Waals surface area contributed by atoms with Crippen molar-refractivity contribution in [3.05, 3.63) is 88.1 Å². The molecule has 1 unspecified atom stereocenters. The third kappa shape index (κ3) is 5.46. The summed E-state index contributed by atoms with van der Waals surface area (Å²) in [5.41, 5.74) is 4.91. The molecule has 2 aromatic carbocycles. The van der Waals surface area contributed by atoms with Gasteiger partial charge in [-0.05, 0) is 66.6 Å². The highest BCUT2D eigenvalue weighted by Gasteiger charge is 2.23. The first kappa shape index (κ1) is 21.4. The van der Waals surface area contributed by atoms with Gasteiger partial charge in [-0.15, -0.1) is 11.8 Å². The van der Waals surface area contributed by atoms with Crippen LogP contribution in [0.5, 0.6) is 0 Å². The van der Waals surface area contributed by atoms with Gasteiger partial charge in [-0.25, -0.2) is 4.98 Å². The van der Waals surface area contributed by atoms with E-state index in [1.807, 2.05) is 12.1 Å². The fraction of sp³-hybridized carbons (Fsp3) is 0.240. The Balaban J connectivity index is 1.38. The average Bonchev–Trinajstić information content (AvgIpc) is 2.80. The summed E-state index contributed by atoms with van der Waals surface area (Å²) in [5, 5.41) is 13.8. The summed E-state index contributed by atoms with van der Waals surface area (Å²) in [6.45, 7) is 0. The highest BCUT2D eigenvalue weighted by atomic mass is 35.5. The van der Waals surface area contributed by atoms with Crippen molar-refractivity contribution in [2.75, 3.05) is 11.1 Å². The fourth-order valence-corrected chi connectivity index (χ4v) is 4.88. The van der Waals surface area contributed by atoms with Crippen molar-refractivity contribution in [1.82, 2.24) is 4.98 Å². The van der Waals surface area contributed by atoms with Crippen molar-refractivity contribution in [3.8, 4) is 6.07 Å². The molecule has 0 aliphatic heterocycles. The first-order chi connectivity index (χ1) is 15.1. The molecule has 1 heterocycles. The van der Waals surface area contributed by atoms with Crippen molar-refractivity contribution in [3.63, 3.8) is 0 Å². The fourth-order valence-electron chi connectivity index (χ4n) is 3.84. The number of fused-ring (bicyclic) bond motifs is 1. The van der Waals surface area contributed by atoms with E-state index in [0.29, 0.717) is 28.7 Å². The maximum absolute atomic E-state index is 12.2. The molecule has 156 valence electrons. The van der Waals surface area contributed by atoms with Crippen LogP contribution >= 0.6 is 23.4 Å². The Kier molecular flexibility index (Phi) is 6.91. The zero-order valence-corrected chi connectivity index (χ0v) is 18.5. The second-order valence-electron chi connectivity index (χ2n) is 7.56. The Labute approximate surface area is 191 Å². The Hall–Kier alpha value is -2.81. The number of thioether (sulfide) groups is 1. The molecule has 1 aliphatic rings. The average molecular weight is 448 g/mol. The van der Waals surface area contributed by atoms with Gasteiger partial charge in [-0.2, -0.15) is 5.26 Å². The van der Waals surface area contributed by atoms with Crippen LogP contribution in [0.4, 0.5) is 5.69 Å². The minimum atomic E-state index is -0.0722. The maximum atomic E-state index is 12.2. The third-order valence-electron chi connectivity index (χ3n) is 5.44. The zero-order valence-electron chi connectivity index (χ0n) is 17.0. The predicted molar refractivity (Wildman–Crippen MR) is 126 cm³/mol. The molecule has 31 heavy (non-hydrogen) atoms. The van der Waals surface area contributed by atoms with Crippen molar-refractivity contribution in [2.45, 2.75) is 36.6 Å². The number of aryl methyl sites for hydroxylation is 1. The second-order valence-corrected chi connectivity index (χ2v) is 9.08. The lowest BCUT2D eigenvalue weighted by Crippen LogP contribution is -2.15. The van der Waals surface area contributed by atoms with Gasteiger partial charge < -0.3 is 5.32 Å². The lowest BCUT2D eigenvalue weighted by Gasteiger charge is -2.25. The summed E-state index contributed by atoms with van der Waals surface area (Å²) in [6, 6.07) is 21.8. The molecule has 0 fully saturated rings. The summed E-state index contributed by atoms with van der Waals surface area (Å²) in [6.07, 6.45) is 3.22. The predicted octanol–water partition coefficient (Wildman–Crippen LogP) is 6.00. The lowest BCUT2D eigenvalue weighted by atomic mass is 9.82. The largest absolute Gasteiger partial charge is 0.326 e. The van der Waals surface area contributed by atoms with Crippen LogP contribution < -0.4 is 5.32 Å². The highest BCUT2D eigenvalue weighted by Crippen LogP contribution is 2.34. The number of carbonyl (C=O) groups excluding carboxylic acids is 1. The number of anilines is 1. The SMILES string of the molecule is N#Cc1cc2c(nc1SCCC(=O)Nc1ccc(Cl)cc1)CCC(c1ccccc1)C2. The number of nitrogens with one attached hydrogen (secondary N) is 1. The van der Waals surface area contributed by atoms with E-state index in [-0.39, 0.29) is 5.91 Å². The molecule has 0 spiro atoms. The van der Waals surface area contributed by atoms with Crippen molar-refractivity contribution < 1.29 is 4.79 Å². The molecule has 6 heteroatoms. The summed E-state index contributed by atoms with van der Waals surface area (Å²) in [5.74, 6) is 0.959. The van der Waals surface area contributed by atoms with Crippen LogP contribution in [0.1, 0.15) is 41.1 Å². The standard InChI is InChI=1S/C25H22ClN3OS/c26-21-7-9-22(10-8-21)28-24(30)12-13-31-25-20(16-27)15-19-14-18(6-11-23(19)29-25)17-4-2-1-3-5-17/h1-5,7-10,15,18H,6,11-14H2,(H,28,30). The molecule has 4 nitrogen and oxygen atoms in total. The van der Waals surface area contributed by atoms with Crippen molar-refractivity contribution in [1.29, 1.82) is 5.26 Å². The van der Waals surface area contributed by atoms with Gasteiger partial charge in [-0.1, -0.05) is 41.9 Å². The molecule has 3 aromatic rings. The van der Waals surface area contributed by atoms with Crippen LogP contribution in [-0.4, -0.2) is 16.6 Å². The highest BCUT2D eigenvalue weighted by molar-refractivity contribution is 7.99. The molecule has 0 radical (unpaired) electrons. The molecular formula is C25H22ClN3OS. The number of nitrogens with zero attached hydrogens (tertiary/aromatic N) is 2. The monoisotopic (exact) mass is 447 g/mol. The third-order valence-corrected chi connectivity index (χ3v) is 6.68. The summed E-state index contributed by atoms with van der Waals surface area (Å²) in [4.78, 5) is 17.0. The molecule has 1 aliphatic carbocycles. The van der Waals surface area contributed by atoms with E-state index in [1.54, 1.807) is 24.3 Å². The van der Waals surface area contributed by atoms with Crippen molar-refractivity contribution >= 4 is 35.0 Å². The molecule has 1 aromatic heterocycles. The van der Waals surface area contributed by atoms with E-state index >= 15 is 0 Å². The molecule has 1 N–H and O–H groups in total. The number of hydrogen-bond donors (Lipinski definition) is 1. The summed E-state index contributed by atoms with van der Waals surface area (Å²) >= 11 is 7.34. The Morgan fingerprint density at radius 1 is 1.19 bits per heavy atom. The van der Waals surface area contributed by atoms with Gasteiger partial charge in [0.1, 0.15) is 11.1 Å². The van der Waals surface area contributed by atoms with Gasteiger partial charge in [0.15, 0.2) is 0 Å². The number of rotatable bonds is 6. The van der Waals surface area contributed by atoms with E-state index in [0.717, 1.165) is 35.7 Å². The Morgan fingerprint density at radius 2 is 1.97 bits per heavy atom. The Bertz CT molecular complexity index is 1110. The van der Waals surface area contributed by atoms with E-state index in [1.165, 1.54) is 22.9 Å². The number of carbonyl (C=O) groups is 1. The van der Waals surface area contributed by atoms with Gasteiger partial charge in [-0.3, -0.25) is 4.79 Å². The maximum Gasteiger partial charge on any atom is 0.225 e. The molecule has 1 amide bonds. The van der Waals surface area contributed by atoms with E-state index < -0.39 is 0 Å². The quantitative estimate of drug-likeness (QED) is 0.470. The smallest absolute Gasteiger partial charge is 0.225 e. The van der Waals surface area contributed by atoms with Gasteiger partial charge in [0.2, 0.25) is 5.91 Å². The van der Waals surface area contributed by atoms with E-state index in [2.05, 4.69) is 35.7 Å². The number of hydrogen-bond acceptors (Lipinski definition) is 4. The van der Waals surface area contributed by atoms with Crippen LogP contribution in [-0.2, 0) is 17.6 Å². The van der Waals surface area contributed by atoms with E-state index in [9.17, 15) is 10.1 Å². The van der Waals surface area contributed by atoms with E-state index in [4.69, 9.17) is 16.6 Å². The van der Waals surface area contributed by atoms with Crippen LogP contribution in [0.2, 0.25) is 5.02 Å². The number of halogens is 1. The first-order valence-electron chi connectivity index (χ1n) is 10.3. The minimum Gasteiger partial charge on any atom is -0.326 e. The van der Waals surface area contributed by atoms with Gasteiger partial charge >= 0.3 is 0 Å². The number of nitriles is 1. The van der Waals surface area contributed by atoms with Gasteiger partial charge in [0, 0.05) is 28.6 Å². The van der Waals surface area contributed by atoms with Gasteiger partial charge in [0.05, 0.1) is 5.56 Å². The number of benzene rings is 2. The second kappa shape index (κ2) is 10.00. The minimum absolute atomic E-state index is 0.0722. The number of aromatic nitrogens is 1. The van der Waals surface area contributed by atoms with Gasteiger partial charge in [0.25, 0.3) is 0 Å². The zero-order chi connectivity index (χ0) is 21.6. The molecule has 0 saturated heterocycles. The molecule has 4 rings (SSSR count). The number of amides is 1. The summed E-state index contributed by atoms with van der Waals surface area (Å²) in [7, 11) is 0. The van der Waals surface area contributed by atoms with Crippen LogP contribution in [0.15, 0.2) is 65.7 Å².